The molecule has 3 heterocycles. The van der Waals surface area contributed by atoms with E-state index in [1.54, 1.807) is 12.2 Å². The highest BCUT2D eigenvalue weighted by Gasteiger charge is 2.67. The normalized spacial score (nSPS) is 34.3. The molecular weight excluding hydrogens is 302 g/mol. The van der Waals surface area contributed by atoms with Gasteiger partial charge in [0.2, 0.25) is 11.8 Å². The van der Waals surface area contributed by atoms with E-state index in [1.807, 2.05) is 0 Å². The standard InChI is InChI=1S/C16H13NO6/c18-7-16-5-4-10(23-16)11-12(16)14(20)17(13(11)19)9-3-1-2-8(6-9)15(21)22/h1-6,10-12,18H,7H2,(H,21,22)/t10-,11-,12-,16-/m0/s1. The van der Waals surface area contributed by atoms with Crippen LogP contribution in [0.15, 0.2) is 36.4 Å². The van der Waals surface area contributed by atoms with E-state index in [4.69, 9.17) is 9.84 Å². The molecule has 7 heteroatoms. The molecule has 0 radical (unpaired) electrons. The monoisotopic (exact) mass is 315 g/mol. The highest BCUT2D eigenvalue weighted by Crippen LogP contribution is 2.52. The molecule has 0 aromatic heterocycles. The molecule has 118 valence electrons. The number of aliphatic hydroxyl groups excluding tert-OH is 1. The lowest BCUT2D eigenvalue weighted by molar-refractivity contribution is -0.128. The van der Waals surface area contributed by atoms with E-state index in [2.05, 4.69) is 0 Å². The van der Waals surface area contributed by atoms with Gasteiger partial charge in [0, 0.05) is 0 Å². The number of nitrogens with zero attached hydrogens (tertiary/aromatic N) is 1. The number of carboxylic acid groups (broad SMARTS) is 1. The van der Waals surface area contributed by atoms with E-state index < -0.39 is 41.3 Å². The zero-order valence-electron chi connectivity index (χ0n) is 11.9. The molecule has 2 saturated heterocycles. The second-order valence-electron chi connectivity index (χ2n) is 5.93. The number of rotatable bonds is 3. The van der Waals surface area contributed by atoms with Gasteiger partial charge in [-0.1, -0.05) is 18.2 Å². The van der Waals surface area contributed by atoms with Crippen molar-refractivity contribution in [3.05, 3.63) is 42.0 Å². The Morgan fingerprint density at radius 2 is 2.09 bits per heavy atom. The molecule has 23 heavy (non-hydrogen) atoms. The third-order valence-corrected chi connectivity index (χ3v) is 4.75. The fraction of sp³-hybridized carbons (Fsp3) is 0.312. The van der Waals surface area contributed by atoms with Gasteiger partial charge in [-0.25, -0.2) is 9.69 Å². The van der Waals surface area contributed by atoms with Crippen molar-refractivity contribution in [1.29, 1.82) is 0 Å². The number of hydrogen-bond acceptors (Lipinski definition) is 5. The average Bonchev–Trinajstić information content (AvgIpc) is 3.18. The molecule has 0 aliphatic carbocycles. The van der Waals surface area contributed by atoms with Crippen LogP contribution in [0.2, 0.25) is 0 Å². The third-order valence-electron chi connectivity index (χ3n) is 4.75. The van der Waals surface area contributed by atoms with Gasteiger partial charge in [0.1, 0.15) is 5.60 Å². The van der Waals surface area contributed by atoms with Gasteiger partial charge < -0.3 is 14.9 Å². The Labute approximate surface area is 130 Å². The van der Waals surface area contributed by atoms with E-state index >= 15 is 0 Å². The van der Waals surface area contributed by atoms with Crippen LogP contribution in [0.3, 0.4) is 0 Å². The van der Waals surface area contributed by atoms with Crippen molar-refractivity contribution in [2.24, 2.45) is 11.8 Å². The molecule has 0 spiro atoms. The maximum absolute atomic E-state index is 12.8. The lowest BCUT2D eigenvalue weighted by Crippen LogP contribution is -2.43. The van der Waals surface area contributed by atoms with Crippen LogP contribution in [0, 0.1) is 11.8 Å². The summed E-state index contributed by atoms with van der Waals surface area (Å²) in [5.41, 5.74) is -0.933. The van der Waals surface area contributed by atoms with Crippen molar-refractivity contribution in [3.8, 4) is 0 Å². The number of ether oxygens (including phenoxy) is 1. The summed E-state index contributed by atoms with van der Waals surface area (Å²) < 4.78 is 5.64. The number of carbonyl (C=O) groups excluding carboxylic acids is 2. The van der Waals surface area contributed by atoms with Gasteiger partial charge in [0.25, 0.3) is 0 Å². The van der Waals surface area contributed by atoms with Crippen molar-refractivity contribution >= 4 is 23.5 Å². The summed E-state index contributed by atoms with van der Waals surface area (Å²) in [6, 6.07) is 5.69. The van der Waals surface area contributed by atoms with Gasteiger partial charge in [-0.2, -0.15) is 0 Å². The highest BCUT2D eigenvalue weighted by atomic mass is 16.5. The number of aromatic carboxylic acids is 1. The minimum absolute atomic E-state index is 0.00521. The Kier molecular flexibility index (Phi) is 2.76. The summed E-state index contributed by atoms with van der Waals surface area (Å²) in [6.45, 7) is -0.386. The Morgan fingerprint density at radius 1 is 1.30 bits per heavy atom. The molecular formula is C16H13NO6. The fourth-order valence-electron chi connectivity index (χ4n) is 3.72. The lowest BCUT2D eigenvalue weighted by Gasteiger charge is -2.26. The van der Waals surface area contributed by atoms with Gasteiger partial charge in [-0.15, -0.1) is 0 Å². The number of fused-ring (bicyclic) bond motifs is 5. The smallest absolute Gasteiger partial charge is 0.335 e. The van der Waals surface area contributed by atoms with Crippen molar-refractivity contribution < 1.29 is 29.3 Å². The summed E-state index contributed by atoms with van der Waals surface area (Å²) in [5.74, 6) is -3.48. The third kappa shape index (κ3) is 1.68. The largest absolute Gasteiger partial charge is 0.478 e. The molecule has 0 unspecified atom stereocenters. The van der Waals surface area contributed by atoms with Crippen LogP contribution < -0.4 is 4.90 Å². The summed E-state index contributed by atoms with van der Waals surface area (Å²) in [7, 11) is 0. The van der Waals surface area contributed by atoms with Gasteiger partial charge in [-0.3, -0.25) is 9.59 Å². The lowest BCUT2D eigenvalue weighted by atomic mass is 9.77. The number of hydrogen-bond donors (Lipinski definition) is 2. The second kappa shape index (κ2) is 4.50. The number of imide groups is 1. The van der Waals surface area contributed by atoms with Crippen LogP contribution in [0.4, 0.5) is 5.69 Å². The molecule has 2 amide bonds. The molecule has 3 aliphatic heterocycles. The van der Waals surface area contributed by atoms with E-state index in [9.17, 15) is 19.5 Å². The minimum Gasteiger partial charge on any atom is -0.478 e. The molecule has 2 bridgehead atoms. The summed E-state index contributed by atoms with van der Waals surface area (Å²) in [4.78, 5) is 37.6. The zero-order chi connectivity index (χ0) is 16.4. The van der Waals surface area contributed by atoms with Crippen molar-refractivity contribution in [1.82, 2.24) is 0 Å². The van der Waals surface area contributed by atoms with Crippen LogP contribution in [0.25, 0.3) is 0 Å². The first-order valence-corrected chi connectivity index (χ1v) is 7.18. The van der Waals surface area contributed by atoms with Crippen LogP contribution in [0.1, 0.15) is 10.4 Å². The summed E-state index contributed by atoms with van der Waals surface area (Å²) in [6.07, 6.45) is 2.80. The maximum atomic E-state index is 12.8. The van der Waals surface area contributed by atoms with Crippen molar-refractivity contribution in [3.63, 3.8) is 0 Å². The zero-order valence-corrected chi connectivity index (χ0v) is 11.9. The molecule has 1 aromatic carbocycles. The Morgan fingerprint density at radius 3 is 2.78 bits per heavy atom. The number of carbonyl (C=O) groups is 3. The number of anilines is 1. The Hall–Kier alpha value is -2.51. The van der Waals surface area contributed by atoms with E-state index in [0.717, 1.165) is 4.90 Å². The predicted octanol–water partition coefficient (Wildman–Crippen LogP) is 0.190. The number of carboxylic acids is 1. The Balaban J connectivity index is 1.76. The molecule has 1 aromatic rings. The van der Waals surface area contributed by atoms with Crippen LogP contribution in [0.5, 0.6) is 0 Å². The first-order chi connectivity index (χ1) is 11.0. The van der Waals surface area contributed by atoms with E-state index in [-0.39, 0.29) is 17.9 Å². The summed E-state index contributed by atoms with van der Waals surface area (Å²) in [5, 5.41) is 18.7. The fourth-order valence-corrected chi connectivity index (χ4v) is 3.72. The van der Waals surface area contributed by atoms with Crippen molar-refractivity contribution in [2.45, 2.75) is 11.7 Å². The summed E-state index contributed by atoms with van der Waals surface area (Å²) >= 11 is 0. The van der Waals surface area contributed by atoms with Gasteiger partial charge in [0.15, 0.2) is 0 Å². The molecule has 7 nitrogen and oxygen atoms in total. The van der Waals surface area contributed by atoms with Crippen molar-refractivity contribution in [2.75, 3.05) is 11.5 Å². The maximum Gasteiger partial charge on any atom is 0.335 e. The first-order valence-electron chi connectivity index (χ1n) is 7.18. The quantitative estimate of drug-likeness (QED) is 0.609. The molecule has 4 atom stereocenters. The molecule has 0 saturated carbocycles. The highest BCUT2D eigenvalue weighted by molar-refractivity contribution is 6.23. The predicted molar refractivity (Wildman–Crippen MR) is 76.7 cm³/mol. The molecule has 3 aliphatic rings. The van der Waals surface area contributed by atoms with Crippen LogP contribution in [-0.2, 0) is 14.3 Å². The van der Waals surface area contributed by atoms with E-state index in [1.165, 1.54) is 24.3 Å². The van der Waals surface area contributed by atoms with E-state index in [0.29, 0.717) is 0 Å². The Bertz CT molecular complexity index is 772. The second-order valence-corrected chi connectivity index (χ2v) is 5.93. The number of aliphatic hydroxyl groups is 1. The molecule has 4 rings (SSSR count). The van der Waals surface area contributed by atoms with Crippen LogP contribution >= 0.6 is 0 Å². The molecule has 2 N–H and O–H groups in total. The van der Waals surface area contributed by atoms with Crippen LogP contribution in [-0.4, -0.2) is 46.3 Å². The topological polar surface area (TPSA) is 104 Å². The van der Waals surface area contributed by atoms with Gasteiger partial charge in [-0.05, 0) is 18.2 Å². The first kappa shape index (κ1) is 14.1. The number of benzene rings is 1. The van der Waals surface area contributed by atoms with Gasteiger partial charge >= 0.3 is 5.97 Å². The van der Waals surface area contributed by atoms with Gasteiger partial charge in [0.05, 0.1) is 35.8 Å². The number of amides is 2. The molecule has 2 fully saturated rings. The minimum atomic E-state index is -1.15. The SMILES string of the molecule is O=C(O)c1cccc(N2C(=O)[C@H]3[C@@H]4C=C[C@@](CO)(O4)[C@@H]3C2=O)c1. The average molecular weight is 315 g/mol.